The van der Waals surface area contributed by atoms with Crippen LogP contribution in [0.4, 0.5) is 0 Å². The fourth-order valence-corrected chi connectivity index (χ4v) is 20.7. The number of hydrogen-bond donors (Lipinski definition) is 12. The van der Waals surface area contributed by atoms with E-state index < -0.39 is 98.0 Å². The average molecular weight is 939 g/mol. The standard InChI is InChI=1S/C32H56N8O12S4.Zn/c41-53(42,43)21-19-20(22(54(44,45)46)24(56(50,51)52)23(21)55(47,48)49)32-39-30-18-12-6-4-10-16(18)28(37-30)35-26-14-8-2-1-7-13(14)25(33-26)34-27-15-9-3-5-11-17(15)29(36-27)38-31(19)40-32;/h13-40H,1-12H2,(H,41,42,43)(H,44,45,46)(H,47,48,49)(H,50,51,52);. The maximum atomic E-state index is 13.4. The Morgan fingerprint density at radius 3 is 0.667 bits per heavy atom. The molecule has 0 aromatic rings. The molecule has 20 atom stereocenters. The van der Waals surface area contributed by atoms with Crippen molar-refractivity contribution in [1.29, 1.82) is 0 Å². The Morgan fingerprint density at radius 2 is 0.474 bits per heavy atom. The van der Waals surface area contributed by atoms with Crippen molar-refractivity contribution >= 4 is 40.5 Å². The molecule has 5 aliphatic heterocycles. The maximum Gasteiger partial charge on any atom is 0.270 e. The van der Waals surface area contributed by atoms with Crippen molar-refractivity contribution in [3.05, 3.63) is 0 Å². The zero-order chi connectivity index (χ0) is 39.7. The van der Waals surface area contributed by atoms with Crippen molar-refractivity contribution in [3.8, 4) is 0 Å². The van der Waals surface area contributed by atoms with Crippen LogP contribution in [0.5, 0.6) is 0 Å². The molecule has 5 saturated heterocycles. The second-order valence-corrected chi connectivity index (χ2v) is 24.4. The second kappa shape index (κ2) is 15.6. The van der Waals surface area contributed by atoms with Gasteiger partial charge in [-0.2, -0.15) is 33.7 Å². The van der Waals surface area contributed by atoms with Gasteiger partial charge in [-0.1, -0.05) is 38.5 Å². The van der Waals surface area contributed by atoms with Gasteiger partial charge in [0.15, 0.2) is 0 Å². The summed E-state index contributed by atoms with van der Waals surface area (Å²) in [5, 5.41) is 17.7. The summed E-state index contributed by atoms with van der Waals surface area (Å²) >= 11 is 0. The summed E-state index contributed by atoms with van der Waals surface area (Å²) in [7, 11) is -23.0. The molecule has 0 aromatic carbocycles. The van der Waals surface area contributed by atoms with E-state index >= 15 is 0 Å². The van der Waals surface area contributed by atoms with Gasteiger partial charge in [0.05, 0.1) is 49.3 Å². The molecule has 0 radical (unpaired) electrons. The third kappa shape index (κ3) is 7.75. The molecule has 20 nitrogen and oxygen atoms in total. The van der Waals surface area contributed by atoms with Crippen molar-refractivity contribution in [1.82, 2.24) is 42.5 Å². The zero-order valence-electron chi connectivity index (χ0n) is 31.4. The van der Waals surface area contributed by atoms with Crippen LogP contribution in [0.3, 0.4) is 0 Å². The van der Waals surface area contributed by atoms with E-state index in [0.717, 1.165) is 77.0 Å². The summed E-state index contributed by atoms with van der Waals surface area (Å²) in [4.78, 5) is 0. The summed E-state index contributed by atoms with van der Waals surface area (Å²) in [5.41, 5.74) is 0. The number of fused-ring (bicyclic) bond motifs is 20. The first-order valence-electron chi connectivity index (χ1n) is 20.2. The Bertz CT molecular complexity index is 1850. The van der Waals surface area contributed by atoms with Crippen molar-refractivity contribution < 1.29 is 71.4 Å². The fraction of sp³-hybridized carbons (Fsp3) is 1.00. The van der Waals surface area contributed by atoms with E-state index in [4.69, 9.17) is 0 Å². The van der Waals surface area contributed by atoms with Gasteiger partial charge in [-0.05, 0) is 74.0 Å². The van der Waals surface area contributed by atoms with Gasteiger partial charge in [0.1, 0.15) is 21.0 Å². The molecule has 322 valence electrons. The topological polar surface area (TPSA) is 314 Å². The van der Waals surface area contributed by atoms with E-state index in [-0.39, 0.29) is 67.8 Å². The van der Waals surface area contributed by atoms with Crippen LogP contribution in [0.1, 0.15) is 77.0 Å². The van der Waals surface area contributed by atoms with Crippen LogP contribution in [0, 0.1) is 47.3 Å². The van der Waals surface area contributed by atoms with Gasteiger partial charge in [-0.3, -0.25) is 60.7 Å². The van der Waals surface area contributed by atoms with Crippen LogP contribution < -0.4 is 42.5 Å². The predicted molar refractivity (Wildman–Crippen MR) is 200 cm³/mol. The van der Waals surface area contributed by atoms with Crippen molar-refractivity contribution in [2.75, 3.05) is 0 Å². The minimum absolute atomic E-state index is 0. The second-order valence-electron chi connectivity index (χ2n) is 18.1. The van der Waals surface area contributed by atoms with Gasteiger partial charge >= 0.3 is 0 Å². The van der Waals surface area contributed by atoms with E-state index in [9.17, 15) is 51.9 Å². The van der Waals surface area contributed by atoms with Gasteiger partial charge in [0.2, 0.25) is 0 Å². The molecule has 57 heavy (non-hydrogen) atoms. The predicted octanol–water partition coefficient (Wildman–Crippen LogP) is -1.93. The molecule has 0 spiro atoms. The van der Waals surface area contributed by atoms with E-state index in [1.54, 1.807) is 0 Å². The molecule has 0 aromatic heterocycles. The van der Waals surface area contributed by atoms with E-state index in [1.165, 1.54) is 0 Å². The Balaban J connectivity index is 0.00000455. The van der Waals surface area contributed by atoms with E-state index in [2.05, 4.69) is 42.5 Å². The number of hydrogen-bond acceptors (Lipinski definition) is 16. The molecule has 12 N–H and O–H groups in total. The molecule has 20 unspecified atom stereocenters. The first-order valence-corrected chi connectivity index (χ1v) is 26.3. The van der Waals surface area contributed by atoms with Crippen LogP contribution in [-0.4, -0.2) is 122 Å². The van der Waals surface area contributed by atoms with Crippen LogP contribution in [0.2, 0.25) is 0 Å². The fourth-order valence-electron chi connectivity index (χ4n) is 13.4. The molecule has 4 saturated carbocycles. The first-order chi connectivity index (χ1) is 26.3. The summed E-state index contributed by atoms with van der Waals surface area (Å²) in [6, 6.07) is 0. The number of nitrogens with one attached hydrogen (secondary N) is 8. The Morgan fingerprint density at radius 1 is 0.298 bits per heavy atom. The van der Waals surface area contributed by atoms with Gasteiger partial charge in [0.25, 0.3) is 40.5 Å². The molecule has 25 heteroatoms. The maximum absolute atomic E-state index is 13.4. The average Bonchev–Trinajstić information content (AvgIpc) is 3.84. The Kier molecular flexibility index (Phi) is 12.0. The summed E-state index contributed by atoms with van der Waals surface area (Å²) < 4.78 is 149. The van der Waals surface area contributed by atoms with Crippen LogP contribution in [0.15, 0.2) is 0 Å². The molecule has 9 rings (SSSR count). The van der Waals surface area contributed by atoms with E-state index in [0.29, 0.717) is 11.8 Å². The third-order valence-electron chi connectivity index (χ3n) is 15.4. The SMILES string of the molecule is O=S(=O)(O)C1C2C3NC4NC(NC5NC(NC6NC(NC(N3)C2C(S(=O)(=O)O)C(S(=O)(=O)O)C1S(=O)(=O)O)C1CCCCC61)C1CCCCC51)C1CCCCC41.[Zn]. The monoisotopic (exact) mass is 936 g/mol. The molecular weight excluding hydrogens is 882 g/mol. The first kappa shape index (κ1) is 43.6. The molecule has 9 aliphatic rings. The van der Waals surface area contributed by atoms with Crippen LogP contribution in [-0.2, 0) is 60.0 Å². The molecular formula is C32H56N8O12S4Zn. The van der Waals surface area contributed by atoms with Crippen molar-refractivity contribution in [2.24, 2.45) is 47.3 Å². The third-order valence-corrected chi connectivity index (χ3v) is 21.0. The molecule has 4 aliphatic carbocycles. The molecule has 0 amide bonds. The smallest absolute Gasteiger partial charge is 0.270 e. The van der Waals surface area contributed by atoms with Crippen molar-refractivity contribution in [2.45, 2.75) is 147 Å². The largest absolute Gasteiger partial charge is 0.286 e. The van der Waals surface area contributed by atoms with E-state index in [1.807, 2.05) is 0 Å². The Labute approximate surface area is 347 Å². The molecule has 9 fully saturated rings. The normalized spacial score (nSPS) is 50.2. The van der Waals surface area contributed by atoms with Gasteiger partial charge in [0, 0.05) is 31.3 Å². The minimum Gasteiger partial charge on any atom is -0.286 e. The molecule has 8 bridgehead atoms. The van der Waals surface area contributed by atoms with Gasteiger partial charge in [-0.15, -0.1) is 0 Å². The summed E-state index contributed by atoms with van der Waals surface area (Å²) in [5.74, 6) is -2.57. The zero-order valence-corrected chi connectivity index (χ0v) is 37.7. The van der Waals surface area contributed by atoms with Gasteiger partial charge in [-0.25, -0.2) is 0 Å². The van der Waals surface area contributed by atoms with Gasteiger partial charge < -0.3 is 0 Å². The quantitative estimate of drug-likeness (QED) is 0.108. The van der Waals surface area contributed by atoms with Crippen LogP contribution in [0.25, 0.3) is 0 Å². The minimum atomic E-state index is -5.87. The summed E-state index contributed by atoms with van der Waals surface area (Å²) in [6.07, 6.45) is 7.44. The van der Waals surface area contributed by atoms with Crippen LogP contribution >= 0.6 is 0 Å². The molecule has 5 heterocycles. The van der Waals surface area contributed by atoms with Crippen molar-refractivity contribution in [3.63, 3.8) is 0 Å². The Hall–Kier alpha value is -0.0566. The number of rotatable bonds is 4. The summed E-state index contributed by atoms with van der Waals surface area (Å²) in [6.45, 7) is 0.